The number of rotatable bonds is 2. The Morgan fingerprint density at radius 2 is 1.75 bits per heavy atom. The van der Waals surface area contributed by atoms with Crippen LogP contribution in [0.5, 0.6) is 0 Å². The van der Waals surface area contributed by atoms with Crippen molar-refractivity contribution in [2.24, 2.45) is 11.8 Å². The minimum absolute atomic E-state index is 0. The van der Waals surface area contributed by atoms with E-state index < -0.39 is 0 Å². The minimum atomic E-state index is 0. The van der Waals surface area contributed by atoms with E-state index in [1.807, 2.05) is 0 Å². The summed E-state index contributed by atoms with van der Waals surface area (Å²) in [6.45, 7) is 4.53. The molecule has 2 heterocycles. The van der Waals surface area contributed by atoms with E-state index in [0.717, 1.165) is 25.0 Å². The first-order chi connectivity index (χ1) is 5.45. The first-order valence-electron chi connectivity index (χ1n) is 4.73. The molecule has 0 aromatic heterocycles. The minimum Gasteiger partial charge on any atom is -0.381 e. The summed E-state index contributed by atoms with van der Waals surface area (Å²) in [5.41, 5.74) is 0. The van der Waals surface area contributed by atoms with Crippen molar-refractivity contribution in [3.05, 3.63) is 0 Å². The highest BCUT2D eigenvalue weighted by Gasteiger charge is 2.22. The lowest BCUT2D eigenvalue weighted by atomic mass is 9.86. The molecule has 0 unspecified atom stereocenters. The molecular formula is C9H18ClNO. The van der Waals surface area contributed by atoms with Crippen molar-refractivity contribution in [2.45, 2.75) is 19.3 Å². The highest BCUT2D eigenvalue weighted by atomic mass is 35.5. The Kier molecular flexibility index (Phi) is 4.33. The summed E-state index contributed by atoms with van der Waals surface area (Å²) in [6.07, 6.45) is 4.04. The molecule has 0 aromatic rings. The molecule has 0 saturated carbocycles. The van der Waals surface area contributed by atoms with E-state index in [4.69, 9.17) is 4.74 Å². The summed E-state index contributed by atoms with van der Waals surface area (Å²) in [7, 11) is 0. The lowest BCUT2D eigenvalue weighted by molar-refractivity contribution is 0.0552. The molecule has 1 N–H and O–H groups in total. The maximum Gasteiger partial charge on any atom is 0.0468 e. The van der Waals surface area contributed by atoms with Gasteiger partial charge in [0.15, 0.2) is 0 Å². The Bertz CT molecular complexity index is 122. The van der Waals surface area contributed by atoms with Crippen LogP contribution < -0.4 is 5.32 Å². The van der Waals surface area contributed by atoms with Gasteiger partial charge in [-0.1, -0.05) is 0 Å². The molecule has 2 aliphatic rings. The highest BCUT2D eigenvalue weighted by molar-refractivity contribution is 5.85. The topological polar surface area (TPSA) is 21.3 Å². The fraction of sp³-hybridized carbons (Fsp3) is 1.00. The molecule has 2 aliphatic heterocycles. The zero-order valence-electron chi connectivity index (χ0n) is 7.42. The molecule has 0 aliphatic carbocycles. The molecule has 3 heteroatoms. The Morgan fingerprint density at radius 1 is 1.08 bits per heavy atom. The van der Waals surface area contributed by atoms with Crippen LogP contribution in [-0.4, -0.2) is 26.3 Å². The highest BCUT2D eigenvalue weighted by Crippen LogP contribution is 2.24. The molecule has 2 saturated heterocycles. The summed E-state index contributed by atoms with van der Waals surface area (Å²) in [5, 5.41) is 3.32. The molecule has 2 nitrogen and oxygen atoms in total. The van der Waals surface area contributed by atoms with Gasteiger partial charge < -0.3 is 10.1 Å². The van der Waals surface area contributed by atoms with Gasteiger partial charge in [-0.2, -0.15) is 0 Å². The fourth-order valence-corrected chi connectivity index (χ4v) is 1.97. The predicted molar refractivity (Wildman–Crippen MR) is 51.8 cm³/mol. The van der Waals surface area contributed by atoms with Crippen LogP contribution in [0, 0.1) is 11.8 Å². The molecule has 0 spiro atoms. The third-order valence-electron chi connectivity index (χ3n) is 2.87. The molecule has 0 aromatic carbocycles. The summed E-state index contributed by atoms with van der Waals surface area (Å²) < 4.78 is 5.32. The third-order valence-corrected chi connectivity index (χ3v) is 2.87. The Balaban J connectivity index is 0.000000720. The van der Waals surface area contributed by atoms with E-state index in [9.17, 15) is 0 Å². The van der Waals surface area contributed by atoms with Crippen LogP contribution in [0.2, 0.25) is 0 Å². The number of ether oxygens (including phenoxy) is 1. The van der Waals surface area contributed by atoms with Gasteiger partial charge in [0.1, 0.15) is 0 Å². The van der Waals surface area contributed by atoms with Crippen LogP contribution in [0.4, 0.5) is 0 Å². The lowest BCUT2D eigenvalue weighted by Gasteiger charge is -2.32. The smallest absolute Gasteiger partial charge is 0.0468 e. The Labute approximate surface area is 80.5 Å². The van der Waals surface area contributed by atoms with Crippen molar-refractivity contribution >= 4 is 12.4 Å². The first kappa shape index (κ1) is 10.3. The number of halogens is 1. The molecule has 72 valence electrons. The van der Waals surface area contributed by atoms with Crippen molar-refractivity contribution in [3.8, 4) is 0 Å². The quantitative estimate of drug-likeness (QED) is 0.714. The van der Waals surface area contributed by atoms with Crippen molar-refractivity contribution in [1.82, 2.24) is 5.32 Å². The average molecular weight is 192 g/mol. The van der Waals surface area contributed by atoms with Crippen molar-refractivity contribution in [3.63, 3.8) is 0 Å². The number of hydrogen-bond acceptors (Lipinski definition) is 2. The second kappa shape index (κ2) is 5.05. The molecule has 0 bridgehead atoms. The van der Waals surface area contributed by atoms with E-state index in [1.54, 1.807) is 0 Å². The zero-order valence-corrected chi connectivity index (χ0v) is 8.24. The van der Waals surface area contributed by atoms with E-state index in [1.165, 1.54) is 32.4 Å². The zero-order chi connectivity index (χ0) is 7.52. The van der Waals surface area contributed by atoms with Gasteiger partial charge in [-0.25, -0.2) is 0 Å². The van der Waals surface area contributed by atoms with Crippen LogP contribution in [0.15, 0.2) is 0 Å². The molecule has 2 rings (SSSR count). The van der Waals surface area contributed by atoms with Gasteiger partial charge in [0.2, 0.25) is 0 Å². The SMILES string of the molecule is C1CC(CC2CNC2)CCO1.Cl. The largest absolute Gasteiger partial charge is 0.381 e. The average Bonchev–Trinajstić information content (AvgIpc) is 1.99. The summed E-state index contributed by atoms with van der Waals surface area (Å²) in [5.74, 6) is 1.95. The number of nitrogens with one attached hydrogen (secondary N) is 1. The van der Waals surface area contributed by atoms with E-state index in [0.29, 0.717) is 0 Å². The van der Waals surface area contributed by atoms with Gasteiger partial charge in [0, 0.05) is 13.2 Å². The monoisotopic (exact) mass is 191 g/mol. The van der Waals surface area contributed by atoms with Crippen molar-refractivity contribution in [2.75, 3.05) is 26.3 Å². The van der Waals surface area contributed by atoms with Gasteiger partial charge >= 0.3 is 0 Å². The maximum atomic E-state index is 5.32. The molecule has 2 fully saturated rings. The van der Waals surface area contributed by atoms with Crippen molar-refractivity contribution < 1.29 is 4.74 Å². The van der Waals surface area contributed by atoms with Crippen LogP contribution in [0.3, 0.4) is 0 Å². The molecule has 0 radical (unpaired) electrons. The third kappa shape index (κ3) is 2.61. The lowest BCUT2D eigenvalue weighted by Crippen LogP contribution is -2.43. The van der Waals surface area contributed by atoms with Gasteiger partial charge in [-0.15, -0.1) is 12.4 Å². The second-order valence-corrected chi connectivity index (χ2v) is 3.82. The van der Waals surface area contributed by atoms with Crippen LogP contribution in [0.1, 0.15) is 19.3 Å². The molecule has 0 amide bonds. The van der Waals surface area contributed by atoms with Gasteiger partial charge in [0.05, 0.1) is 0 Å². The number of hydrogen-bond donors (Lipinski definition) is 1. The van der Waals surface area contributed by atoms with Crippen LogP contribution in [0.25, 0.3) is 0 Å². The molecular weight excluding hydrogens is 174 g/mol. The summed E-state index contributed by atoms with van der Waals surface area (Å²) in [6, 6.07) is 0. The van der Waals surface area contributed by atoms with E-state index >= 15 is 0 Å². The van der Waals surface area contributed by atoms with Gasteiger partial charge in [-0.05, 0) is 44.2 Å². The Morgan fingerprint density at radius 3 is 2.25 bits per heavy atom. The van der Waals surface area contributed by atoms with Crippen LogP contribution in [-0.2, 0) is 4.74 Å². The summed E-state index contributed by atoms with van der Waals surface area (Å²) >= 11 is 0. The Hall–Kier alpha value is 0.210. The van der Waals surface area contributed by atoms with Gasteiger partial charge in [-0.3, -0.25) is 0 Å². The molecule has 12 heavy (non-hydrogen) atoms. The second-order valence-electron chi connectivity index (χ2n) is 3.82. The normalized spacial score (nSPS) is 26.0. The first-order valence-corrected chi connectivity index (χ1v) is 4.73. The van der Waals surface area contributed by atoms with E-state index in [2.05, 4.69) is 5.32 Å². The summed E-state index contributed by atoms with van der Waals surface area (Å²) in [4.78, 5) is 0. The van der Waals surface area contributed by atoms with Crippen LogP contribution >= 0.6 is 12.4 Å². The predicted octanol–water partition coefficient (Wildman–Crippen LogP) is 1.44. The standard InChI is InChI=1S/C9H17NO.ClH/c1-3-11-4-2-8(1)5-9-6-10-7-9;/h8-10H,1-7H2;1H. The molecule has 0 atom stereocenters. The maximum absolute atomic E-state index is 5.32. The van der Waals surface area contributed by atoms with Gasteiger partial charge in [0.25, 0.3) is 0 Å². The van der Waals surface area contributed by atoms with E-state index in [-0.39, 0.29) is 12.4 Å². The van der Waals surface area contributed by atoms with Crippen molar-refractivity contribution in [1.29, 1.82) is 0 Å². The fourth-order valence-electron chi connectivity index (χ4n) is 1.97.